The fraction of sp³-hybridized carbons (Fsp3) is 0.882. The van der Waals surface area contributed by atoms with Crippen LogP contribution in [-0.2, 0) is 9.47 Å². The Labute approximate surface area is 142 Å². The zero-order valence-electron chi connectivity index (χ0n) is 15.6. The molecule has 1 rings (SSSR count). The maximum Gasteiger partial charge on any atom is 0.410 e. The van der Waals surface area contributed by atoms with E-state index in [0.29, 0.717) is 32.5 Å². The highest BCUT2D eigenvalue weighted by Crippen LogP contribution is 2.28. The third-order valence-electron chi connectivity index (χ3n) is 3.95. The number of amides is 1. The predicted molar refractivity (Wildman–Crippen MR) is 95.3 cm³/mol. The van der Waals surface area contributed by atoms with Crippen LogP contribution in [0, 0.1) is 6.57 Å². The number of likely N-dealkylation sites (tertiary alicyclic amines) is 1. The van der Waals surface area contributed by atoms with E-state index in [-0.39, 0.29) is 6.09 Å². The summed E-state index contributed by atoms with van der Waals surface area (Å²) in [6, 6.07) is 1.12. The molecule has 1 aliphatic rings. The monoisotopic (exact) mass is 340 g/mol. The zero-order valence-corrected chi connectivity index (χ0v) is 16.6. The second-order valence-electron chi connectivity index (χ2n) is 8.67. The largest absolute Gasteiger partial charge is 0.444 e. The van der Waals surface area contributed by atoms with Crippen LogP contribution in [-0.4, -0.2) is 56.5 Å². The first kappa shape index (κ1) is 20.0. The Morgan fingerprint density at radius 1 is 1.26 bits per heavy atom. The van der Waals surface area contributed by atoms with Gasteiger partial charge in [0.1, 0.15) is 12.2 Å². The van der Waals surface area contributed by atoms with Crippen LogP contribution in [0.1, 0.15) is 33.6 Å². The zero-order chi connectivity index (χ0) is 17.7. The number of piperidine rings is 1. The molecule has 0 aliphatic carbocycles. The normalized spacial score (nSPS) is 18.4. The predicted octanol–water partition coefficient (Wildman–Crippen LogP) is 4.03. The minimum Gasteiger partial charge on any atom is -0.444 e. The lowest BCUT2D eigenvalue weighted by molar-refractivity contribution is 0.0122. The van der Waals surface area contributed by atoms with Gasteiger partial charge < -0.3 is 19.2 Å². The maximum atomic E-state index is 12.1. The van der Waals surface area contributed by atoms with Crippen molar-refractivity contribution in [1.82, 2.24) is 4.90 Å². The summed E-state index contributed by atoms with van der Waals surface area (Å²) < 4.78 is 11.2. The average Bonchev–Trinajstić information content (AvgIpc) is 2.41. The average molecular weight is 341 g/mol. The Hall–Kier alpha value is -1.06. The molecule has 1 aliphatic heterocycles. The van der Waals surface area contributed by atoms with Gasteiger partial charge in [0.15, 0.2) is 0 Å². The van der Waals surface area contributed by atoms with Crippen molar-refractivity contribution < 1.29 is 14.3 Å². The standard InChI is InChI=1S/C17H32N2O3Si/c1-16(2,3)22-15(20)19-10-8-17(18-4,9-11-19)14-21-12-13-23(5,6)7/h8-14H2,1-3,5-7H3. The molecule has 0 spiro atoms. The fourth-order valence-electron chi connectivity index (χ4n) is 2.36. The third kappa shape index (κ3) is 7.36. The van der Waals surface area contributed by atoms with Crippen molar-refractivity contribution in [1.29, 1.82) is 0 Å². The second kappa shape index (κ2) is 7.67. The summed E-state index contributed by atoms with van der Waals surface area (Å²) in [6.07, 6.45) is 1.03. The van der Waals surface area contributed by atoms with Crippen molar-refractivity contribution in [2.24, 2.45) is 0 Å². The fourth-order valence-corrected chi connectivity index (χ4v) is 3.12. The van der Waals surface area contributed by atoms with Gasteiger partial charge in [0.05, 0.1) is 0 Å². The molecule has 0 N–H and O–H groups in total. The number of carbonyl (C=O) groups is 1. The van der Waals surface area contributed by atoms with Crippen LogP contribution in [0.25, 0.3) is 4.85 Å². The molecule has 0 aromatic heterocycles. The molecule has 0 aromatic carbocycles. The minimum atomic E-state index is -1.10. The topological polar surface area (TPSA) is 43.1 Å². The van der Waals surface area contributed by atoms with Gasteiger partial charge in [-0.15, -0.1) is 0 Å². The van der Waals surface area contributed by atoms with E-state index >= 15 is 0 Å². The summed E-state index contributed by atoms with van der Waals surface area (Å²) >= 11 is 0. The van der Waals surface area contributed by atoms with Gasteiger partial charge in [0, 0.05) is 40.6 Å². The van der Waals surface area contributed by atoms with E-state index in [2.05, 4.69) is 24.5 Å². The van der Waals surface area contributed by atoms with Crippen LogP contribution in [0.15, 0.2) is 0 Å². The van der Waals surface area contributed by atoms with Gasteiger partial charge in [-0.25, -0.2) is 11.4 Å². The Morgan fingerprint density at radius 2 is 1.83 bits per heavy atom. The van der Waals surface area contributed by atoms with Gasteiger partial charge in [-0.2, -0.15) is 0 Å². The molecule has 132 valence electrons. The number of rotatable bonds is 5. The highest BCUT2D eigenvalue weighted by molar-refractivity contribution is 6.76. The smallest absolute Gasteiger partial charge is 0.410 e. The quantitative estimate of drug-likeness (QED) is 0.431. The van der Waals surface area contributed by atoms with Crippen LogP contribution >= 0.6 is 0 Å². The van der Waals surface area contributed by atoms with E-state index in [1.165, 1.54) is 0 Å². The van der Waals surface area contributed by atoms with Crippen molar-refractivity contribution >= 4 is 14.2 Å². The Morgan fingerprint density at radius 3 is 2.26 bits per heavy atom. The first-order valence-electron chi connectivity index (χ1n) is 8.41. The molecular weight excluding hydrogens is 308 g/mol. The summed E-state index contributed by atoms with van der Waals surface area (Å²) in [4.78, 5) is 17.6. The van der Waals surface area contributed by atoms with Crippen molar-refractivity contribution in [3.8, 4) is 0 Å². The first-order valence-corrected chi connectivity index (χ1v) is 12.1. The Kier molecular flexibility index (Phi) is 6.66. The SMILES string of the molecule is [C-]#[N+]C1(COCC[Si](C)(C)C)CCN(C(=O)OC(C)(C)C)CC1. The van der Waals surface area contributed by atoms with Crippen molar-refractivity contribution in [2.75, 3.05) is 26.3 Å². The van der Waals surface area contributed by atoms with E-state index in [9.17, 15) is 4.79 Å². The lowest BCUT2D eigenvalue weighted by atomic mass is 9.89. The molecule has 0 aromatic rings. The molecule has 1 heterocycles. The molecule has 0 saturated carbocycles. The van der Waals surface area contributed by atoms with Crippen LogP contribution in [0.2, 0.25) is 25.7 Å². The molecule has 1 saturated heterocycles. The molecule has 6 heteroatoms. The number of nitrogens with zero attached hydrogens (tertiary/aromatic N) is 2. The van der Waals surface area contributed by atoms with Gasteiger partial charge >= 0.3 is 6.09 Å². The van der Waals surface area contributed by atoms with Gasteiger partial charge in [0.25, 0.3) is 5.54 Å². The van der Waals surface area contributed by atoms with E-state index in [4.69, 9.17) is 16.0 Å². The van der Waals surface area contributed by atoms with Crippen LogP contribution in [0.5, 0.6) is 0 Å². The highest BCUT2D eigenvalue weighted by atomic mass is 28.3. The summed E-state index contributed by atoms with van der Waals surface area (Å²) in [7, 11) is -1.10. The molecule has 0 unspecified atom stereocenters. The summed E-state index contributed by atoms with van der Waals surface area (Å²) in [6.45, 7) is 22.4. The molecule has 23 heavy (non-hydrogen) atoms. The molecule has 1 amide bonds. The van der Waals surface area contributed by atoms with Crippen LogP contribution < -0.4 is 0 Å². The summed E-state index contributed by atoms with van der Waals surface area (Å²) in [5.74, 6) is 0. The van der Waals surface area contributed by atoms with E-state index in [1.54, 1.807) is 4.90 Å². The Bertz CT molecular complexity index is 438. The molecular formula is C17H32N2O3Si. The van der Waals surface area contributed by atoms with Crippen molar-refractivity contribution in [2.45, 2.75) is 70.4 Å². The Balaban J connectivity index is 2.44. The first-order chi connectivity index (χ1) is 10.5. The minimum absolute atomic E-state index is 0.282. The second-order valence-corrected chi connectivity index (χ2v) is 14.3. The molecule has 0 atom stereocenters. The lowest BCUT2D eigenvalue weighted by Gasteiger charge is -2.34. The van der Waals surface area contributed by atoms with Gasteiger partial charge in [0.2, 0.25) is 0 Å². The summed E-state index contributed by atoms with van der Waals surface area (Å²) in [5.41, 5.74) is -0.955. The highest BCUT2D eigenvalue weighted by Gasteiger charge is 2.42. The number of hydrogen-bond donors (Lipinski definition) is 0. The molecule has 1 fully saturated rings. The molecule has 0 bridgehead atoms. The van der Waals surface area contributed by atoms with Crippen LogP contribution in [0.4, 0.5) is 4.79 Å². The van der Waals surface area contributed by atoms with E-state index in [0.717, 1.165) is 12.7 Å². The molecule has 0 radical (unpaired) electrons. The van der Waals surface area contributed by atoms with Gasteiger partial charge in [-0.05, 0) is 26.8 Å². The maximum absolute atomic E-state index is 12.1. The number of carbonyl (C=O) groups excluding carboxylic acids is 1. The van der Waals surface area contributed by atoms with Crippen molar-refractivity contribution in [3.05, 3.63) is 11.4 Å². The van der Waals surface area contributed by atoms with Crippen molar-refractivity contribution in [3.63, 3.8) is 0 Å². The summed E-state index contributed by atoms with van der Waals surface area (Å²) in [5, 5.41) is 0. The van der Waals surface area contributed by atoms with E-state index < -0.39 is 19.2 Å². The number of hydrogen-bond acceptors (Lipinski definition) is 3. The van der Waals surface area contributed by atoms with Crippen LogP contribution in [0.3, 0.4) is 0 Å². The number of ether oxygens (including phenoxy) is 2. The van der Waals surface area contributed by atoms with Gasteiger partial charge in [-0.3, -0.25) is 0 Å². The molecule has 5 nitrogen and oxygen atoms in total. The lowest BCUT2D eigenvalue weighted by Crippen LogP contribution is -2.48. The van der Waals surface area contributed by atoms with Gasteiger partial charge in [-0.1, -0.05) is 19.6 Å². The van der Waals surface area contributed by atoms with E-state index in [1.807, 2.05) is 20.8 Å². The third-order valence-corrected chi connectivity index (χ3v) is 5.65.